The number of aromatic nitrogens is 2. The van der Waals surface area contributed by atoms with Crippen molar-refractivity contribution in [2.24, 2.45) is 5.73 Å². The summed E-state index contributed by atoms with van der Waals surface area (Å²) in [5.74, 6) is 0.540. The minimum atomic E-state index is -0.162. The molecule has 0 aliphatic carbocycles. The summed E-state index contributed by atoms with van der Waals surface area (Å²) >= 11 is 8.26. The Morgan fingerprint density at radius 1 is 1.37 bits per heavy atom. The van der Waals surface area contributed by atoms with Gasteiger partial charge in [-0.3, -0.25) is 0 Å². The molecule has 0 amide bonds. The first-order chi connectivity index (χ1) is 9.10. The summed E-state index contributed by atoms with van der Waals surface area (Å²) in [4.78, 5) is 8.17. The fourth-order valence-corrected chi connectivity index (χ4v) is 2.65. The van der Waals surface area contributed by atoms with E-state index >= 15 is 0 Å². The number of halogens is 2. The third-order valence-corrected chi connectivity index (χ3v) is 3.91. The summed E-state index contributed by atoms with van der Waals surface area (Å²) in [5, 5.41) is 0.686. The van der Waals surface area contributed by atoms with E-state index in [2.05, 4.69) is 32.6 Å². The standard InChI is InChI=1S/C13H13ClIN3O/c1-19-13-6-9(17-7-18-13)5-12(16)10-4-8(14)2-3-11(10)15/h2-4,6-7,12H,5,16H2,1H3. The van der Waals surface area contributed by atoms with Crippen molar-refractivity contribution in [2.45, 2.75) is 12.5 Å². The van der Waals surface area contributed by atoms with Gasteiger partial charge in [0.15, 0.2) is 0 Å². The van der Waals surface area contributed by atoms with Gasteiger partial charge in [-0.1, -0.05) is 11.6 Å². The molecule has 19 heavy (non-hydrogen) atoms. The SMILES string of the molecule is COc1cc(CC(N)c2cc(Cl)ccc2I)ncn1. The van der Waals surface area contributed by atoms with E-state index in [1.165, 1.54) is 6.33 Å². The van der Waals surface area contributed by atoms with Crippen LogP contribution >= 0.6 is 34.2 Å². The van der Waals surface area contributed by atoms with Crippen molar-refractivity contribution >= 4 is 34.2 Å². The van der Waals surface area contributed by atoms with Crippen LogP contribution in [0.25, 0.3) is 0 Å². The van der Waals surface area contributed by atoms with E-state index in [9.17, 15) is 0 Å². The van der Waals surface area contributed by atoms with Crippen molar-refractivity contribution in [3.8, 4) is 5.88 Å². The highest BCUT2D eigenvalue weighted by Crippen LogP contribution is 2.25. The smallest absolute Gasteiger partial charge is 0.216 e. The summed E-state index contributed by atoms with van der Waals surface area (Å²) < 4.78 is 6.16. The van der Waals surface area contributed by atoms with E-state index in [1.807, 2.05) is 18.2 Å². The van der Waals surface area contributed by atoms with E-state index in [-0.39, 0.29) is 6.04 Å². The Hall–Kier alpha value is -0.920. The molecule has 2 rings (SSSR count). The highest BCUT2D eigenvalue weighted by atomic mass is 127. The van der Waals surface area contributed by atoms with E-state index in [0.29, 0.717) is 17.3 Å². The van der Waals surface area contributed by atoms with Crippen LogP contribution in [0.1, 0.15) is 17.3 Å². The predicted molar refractivity (Wildman–Crippen MR) is 83.4 cm³/mol. The zero-order valence-electron chi connectivity index (χ0n) is 10.3. The Kier molecular flexibility index (Phi) is 4.95. The van der Waals surface area contributed by atoms with Gasteiger partial charge in [-0.05, 0) is 46.4 Å². The molecule has 0 saturated heterocycles. The molecule has 1 aromatic carbocycles. The summed E-state index contributed by atoms with van der Waals surface area (Å²) in [7, 11) is 1.58. The number of hydrogen-bond donors (Lipinski definition) is 1. The largest absolute Gasteiger partial charge is 0.481 e. The number of nitrogens with two attached hydrogens (primary N) is 1. The molecule has 2 aromatic rings. The second kappa shape index (κ2) is 6.49. The molecule has 0 spiro atoms. The van der Waals surface area contributed by atoms with Crippen LogP contribution in [-0.2, 0) is 6.42 Å². The topological polar surface area (TPSA) is 61.0 Å². The van der Waals surface area contributed by atoms with Crippen LogP contribution in [0.3, 0.4) is 0 Å². The molecular formula is C13H13ClIN3O. The highest BCUT2D eigenvalue weighted by Gasteiger charge is 2.12. The van der Waals surface area contributed by atoms with Crippen molar-refractivity contribution in [1.82, 2.24) is 9.97 Å². The fourth-order valence-electron chi connectivity index (χ4n) is 1.73. The van der Waals surface area contributed by atoms with Gasteiger partial charge in [0.25, 0.3) is 0 Å². The van der Waals surface area contributed by atoms with Crippen LogP contribution in [0.2, 0.25) is 5.02 Å². The molecule has 0 saturated carbocycles. The molecule has 6 heteroatoms. The molecule has 1 atom stereocenters. The molecular weight excluding hydrogens is 377 g/mol. The van der Waals surface area contributed by atoms with Gasteiger partial charge in [0.2, 0.25) is 5.88 Å². The summed E-state index contributed by atoms with van der Waals surface area (Å²) in [6.07, 6.45) is 2.08. The lowest BCUT2D eigenvalue weighted by Crippen LogP contribution is -2.15. The van der Waals surface area contributed by atoms with E-state index in [1.54, 1.807) is 13.2 Å². The minimum absolute atomic E-state index is 0.162. The molecule has 0 aliphatic heterocycles. The van der Waals surface area contributed by atoms with Gasteiger partial charge in [-0.25, -0.2) is 9.97 Å². The average molecular weight is 390 g/mol. The molecule has 100 valence electrons. The number of hydrogen-bond acceptors (Lipinski definition) is 4. The van der Waals surface area contributed by atoms with Crippen LogP contribution in [-0.4, -0.2) is 17.1 Å². The van der Waals surface area contributed by atoms with Gasteiger partial charge in [-0.15, -0.1) is 0 Å². The zero-order valence-corrected chi connectivity index (χ0v) is 13.2. The molecule has 0 aliphatic rings. The number of ether oxygens (including phenoxy) is 1. The number of nitrogens with zero attached hydrogens (tertiary/aromatic N) is 2. The molecule has 0 bridgehead atoms. The number of rotatable bonds is 4. The van der Waals surface area contributed by atoms with Gasteiger partial charge in [0.05, 0.1) is 7.11 Å². The maximum atomic E-state index is 6.22. The maximum Gasteiger partial charge on any atom is 0.216 e. The van der Waals surface area contributed by atoms with Crippen molar-refractivity contribution in [2.75, 3.05) is 7.11 Å². The average Bonchev–Trinajstić information content (AvgIpc) is 2.41. The van der Waals surface area contributed by atoms with Crippen molar-refractivity contribution in [3.05, 3.63) is 50.4 Å². The Bertz CT molecular complexity index is 580. The number of benzene rings is 1. The normalized spacial score (nSPS) is 12.2. The summed E-state index contributed by atoms with van der Waals surface area (Å²) in [5.41, 5.74) is 8.09. The molecule has 0 fully saturated rings. The Morgan fingerprint density at radius 3 is 2.89 bits per heavy atom. The zero-order chi connectivity index (χ0) is 13.8. The molecule has 1 unspecified atom stereocenters. The summed E-state index contributed by atoms with van der Waals surface area (Å²) in [6.45, 7) is 0. The predicted octanol–water partition coefficient (Wildman–Crippen LogP) is 2.99. The third-order valence-electron chi connectivity index (χ3n) is 2.69. The lowest BCUT2D eigenvalue weighted by atomic mass is 10.0. The van der Waals surface area contributed by atoms with Crippen molar-refractivity contribution in [3.63, 3.8) is 0 Å². The van der Waals surface area contributed by atoms with Gasteiger partial charge in [-0.2, -0.15) is 0 Å². The monoisotopic (exact) mass is 389 g/mol. The molecule has 4 nitrogen and oxygen atoms in total. The third kappa shape index (κ3) is 3.77. The Balaban J connectivity index is 2.20. The van der Waals surface area contributed by atoms with Gasteiger partial charge in [0, 0.05) is 32.8 Å². The van der Waals surface area contributed by atoms with E-state index in [4.69, 9.17) is 22.1 Å². The molecule has 2 N–H and O–H groups in total. The maximum absolute atomic E-state index is 6.22. The van der Waals surface area contributed by atoms with Gasteiger partial charge in [0.1, 0.15) is 6.33 Å². The van der Waals surface area contributed by atoms with Crippen LogP contribution in [0, 0.1) is 3.57 Å². The quantitative estimate of drug-likeness (QED) is 0.817. The first kappa shape index (κ1) is 14.5. The van der Waals surface area contributed by atoms with Gasteiger partial charge < -0.3 is 10.5 Å². The second-order valence-electron chi connectivity index (χ2n) is 4.03. The van der Waals surface area contributed by atoms with Crippen molar-refractivity contribution in [1.29, 1.82) is 0 Å². The second-order valence-corrected chi connectivity index (χ2v) is 5.63. The van der Waals surface area contributed by atoms with Crippen LogP contribution in [0.15, 0.2) is 30.6 Å². The first-order valence-electron chi connectivity index (χ1n) is 5.65. The highest BCUT2D eigenvalue weighted by molar-refractivity contribution is 14.1. The van der Waals surface area contributed by atoms with Crippen LogP contribution in [0.4, 0.5) is 0 Å². The minimum Gasteiger partial charge on any atom is -0.481 e. The molecule has 1 aromatic heterocycles. The van der Waals surface area contributed by atoms with Crippen LogP contribution in [0.5, 0.6) is 5.88 Å². The fraction of sp³-hybridized carbons (Fsp3) is 0.231. The van der Waals surface area contributed by atoms with Crippen molar-refractivity contribution < 1.29 is 4.74 Å². The Labute approximate surface area is 130 Å². The molecule has 1 heterocycles. The summed E-state index contributed by atoms with van der Waals surface area (Å²) in [6, 6.07) is 7.33. The lowest BCUT2D eigenvalue weighted by Gasteiger charge is -2.14. The van der Waals surface area contributed by atoms with Crippen LogP contribution < -0.4 is 10.5 Å². The van der Waals surface area contributed by atoms with Gasteiger partial charge >= 0.3 is 0 Å². The first-order valence-corrected chi connectivity index (χ1v) is 7.11. The van der Waals surface area contributed by atoms with E-state index < -0.39 is 0 Å². The lowest BCUT2D eigenvalue weighted by molar-refractivity contribution is 0.395. The number of methoxy groups -OCH3 is 1. The molecule has 0 radical (unpaired) electrons. The Morgan fingerprint density at radius 2 is 2.16 bits per heavy atom. The van der Waals surface area contributed by atoms with E-state index in [0.717, 1.165) is 14.8 Å².